The first-order valence-electron chi connectivity index (χ1n) is 6.06. The van der Waals surface area contributed by atoms with Gasteiger partial charge in [-0.2, -0.15) is 12.7 Å². The highest BCUT2D eigenvalue weighted by Crippen LogP contribution is 2.13. The van der Waals surface area contributed by atoms with E-state index in [0.29, 0.717) is 26.2 Å². The van der Waals surface area contributed by atoms with E-state index in [1.54, 1.807) is 0 Å². The Morgan fingerprint density at radius 1 is 1.29 bits per heavy atom. The molecule has 6 nitrogen and oxygen atoms in total. The first-order chi connectivity index (χ1) is 7.95. The largest absolute Gasteiger partial charge is 0.373 e. The van der Waals surface area contributed by atoms with Crippen LogP contribution >= 0.6 is 0 Å². The Balaban J connectivity index is 2.45. The van der Waals surface area contributed by atoms with Crippen LogP contribution in [0.4, 0.5) is 0 Å². The topological polar surface area (TPSA) is 84.7 Å². The molecule has 2 unspecified atom stereocenters. The summed E-state index contributed by atoms with van der Waals surface area (Å²) >= 11 is 0. The summed E-state index contributed by atoms with van der Waals surface area (Å²) in [4.78, 5) is 0. The van der Waals surface area contributed by atoms with Gasteiger partial charge in [-0.05, 0) is 33.2 Å². The minimum absolute atomic E-state index is 0.0561. The Morgan fingerprint density at radius 3 is 2.41 bits per heavy atom. The monoisotopic (exact) mass is 265 g/mol. The van der Waals surface area contributed by atoms with Gasteiger partial charge in [0.25, 0.3) is 10.2 Å². The van der Waals surface area contributed by atoms with E-state index in [0.717, 1.165) is 12.8 Å². The lowest BCUT2D eigenvalue weighted by atomic mass is 10.3. The zero-order chi connectivity index (χ0) is 12.9. The Morgan fingerprint density at radius 2 is 1.88 bits per heavy atom. The third kappa shape index (κ3) is 4.89. The maximum atomic E-state index is 12.0. The second-order valence-corrected chi connectivity index (χ2v) is 6.22. The number of ether oxygens (including phenoxy) is 1. The Kier molecular flexibility index (Phi) is 5.81. The molecule has 0 spiro atoms. The van der Waals surface area contributed by atoms with E-state index in [-0.39, 0.29) is 12.2 Å². The van der Waals surface area contributed by atoms with Gasteiger partial charge in [-0.1, -0.05) is 0 Å². The number of morpholine rings is 1. The molecule has 3 N–H and O–H groups in total. The summed E-state index contributed by atoms with van der Waals surface area (Å²) in [5, 5.41) is 0. The van der Waals surface area contributed by atoms with Crippen molar-refractivity contribution in [2.24, 2.45) is 5.73 Å². The fourth-order valence-electron chi connectivity index (χ4n) is 1.89. The van der Waals surface area contributed by atoms with Gasteiger partial charge in [0.05, 0.1) is 12.2 Å². The van der Waals surface area contributed by atoms with Crippen LogP contribution in [0.2, 0.25) is 0 Å². The first kappa shape index (κ1) is 14.8. The molecule has 0 aliphatic carbocycles. The van der Waals surface area contributed by atoms with Crippen molar-refractivity contribution in [3.63, 3.8) is 0 Å². The summed E-state index contributed by atoms with van der Waals surface area (Å²) in [7, 11) is -3.37. The molecular formula is C10H23N3O3S. The van der Waals surface area contributed by atoms with Crippen LogP contribution in [0.3, 0.4) is 0 Å². The number of unbranched alkanes of at least 4 members (excludes halogenated alkanes) is 1. The molecule has 0 aromatic carbocycles. The van der Waals surface area contributed by atoms with Crippen LogP contribution in [0.5, 0.6) is 0 Å². The van der Waals surface area contributed by atoms with Crippen molar-refractivity contribution < 1.29 is 13.2 Å². The second-order valence-electron chi connectivity index (χ2n) is 4.47. The summed E-state index contributed by atoms with van der Waals surface area (Å²) in [5.41, 5.74) is 5.35. The number of nitrogens with two attached hydrogens (primary N) is 1. The van der Waals surface area contributed by atoms with Gasteiger partial charge in [0.2, 0.25) is 0 Å². The van der Waals surface area contributed by atoms with Crippen LogP contribution in [0.25, 0.3) is 0 Å². The predicted octanol–water partition coefficient (Wildman–Crippen LogP) is -0.331. The molecule has 1 fully saturated rings. The lowest BCUT2D eigenvalue weighted by molar-refractivity contribution is -0.0443. The lowest BCUT2D eigenvalue weighted by Gasteiger charge is -2.34. The molecule has 0 radical (unpaired) electrons. The highest BCUT2D eigenvalue weighted by Gasteiger charge is 2.30. The fourth-order valence-corrected chi connectivity index (χ4v) is 3.29. The normalized spacial score (nSPS) is 27.2. The van der Waals surface area contributed by atoms with E-state index >= 15 is 0 Å². The van der Waals surface area contributed by atoms with Crippen molar-refractivity contribution in [3.05, 3.63) is 0 Å². The van der Waals surface area contributed by atoms with Gasteiger partial charge in [0.1, 0.15) is 0 Å². The summed E-state index contributed by atoms with van der Waals surface area (Å²) < 4.78 is 33.5. The molecule has 0 saturated carbocycles. The molecular weight excluding hydrogens is 242 g/mol. The van der Waals surface area contributed by atoms with Gasteiger partial charge in [-0.3, -0.25) is 0 Å². The van der Waals surface area contributed by atoms with Crippen LogP contribution in [-0.4, -0.2) is 51.1 Å². The summed E-state index contributed by atoms with van der Waals surface area (Å²) in [6.45, 7) is 5.62. The predicted molar refractivity (Wildman–Crippen MR) is 66.8 cm³/mol. The Labute approximate surface area is 104 Å². The Bertz CT molecular complexity index is 311. The molecule has 102 valence electrons. The lowest BCUT2D eigenvalue weighted by Crippen LogP contribution is -2.52. The van der Waals surface area contributed by atoms with Gasteiger partial charge in [-0.25, -0.2) is 4.72 Å². The van der Waals surface area contributed by atoms with Gasteiger partial charge in [0.15, 0.2) is 0 Å². The second kappa shape index (κ2) is 6.65. The zero-order valence-electron chi connectivity index (χ0n) is 10.6. The van der Waals surface area contributed by atoms with Crippen LogP contribution in [0.1, 0.15) is 26.7 Å². The van der Waals surface area contributed by atoms with Crippen LogP contribution in [0.15, 0.2) is 0 Å². The van der Waals surface area contributed by atoms with Gasteiger partial charge in [-0.15, -0.1) is 0 Å². The molecule has 0 amide bonds. The molecule has 1 aliphatic rings. The standard InChI is InChI=1S/C10H23N3O3S/c1-9-7-13(8-10(2)16-9)17(14,15)12-6-4-3-5-11/h9-10,12H,3-8,11H2,1-2H3. The third-order valence-electron chi connectivity index (χ3n) is 2.64. The van der Waals surface area contributed by atoms with E-state index in [1.165, 1.54) is 4.31 Å². The van der Waals surface area contributed by atoms with E-state index in [1.807, 2.05) is 13.8 Å². The smallest absolute Gasteiger partial charge is 0.279 e. The molecule has 1 heterocycles. The van der Waals surface area contributed by atoms with E-state index in [2.05, 4.69) is 4.72 Å². The molecule has 0 aromatic heterocycles. The highest BCUT2D eigenvalue weighted by molar-refractivity contribution is 7.87. The third-order valence-corrected chi connectivity index (χ3v) is 4.19. The molecule has 1 rings (SSSR count). The number of rotatable bonds is 6. The van der Waals surface area contributed by atoms with Crippen molar-refractivity contribution >= 4 is 10.2 Å². The van der Waals surface area contributed by atoms with Crippen molar-refractivity contribution in [1.29, 1.82) is 0 Å². The summed E-state index contributed by atoms with van der Waals surface area (Å²) in [5.74, 6) is 0. The molecule has 7 heteroatoms. The van der Waals surface area contributed by atoms with E-state index in [9.17, 15) is 8.42 Å². The van der Waals surface area contributed by atoms with Crippen molar-refractivity contribution in [3.8, 4) is 0 Å². The molecule has 0 bridgehead atoms. The SMILES string of the molecule is CC1CN(S(=O)(=O)NCCCCN)CC(C)O1. The number of hydrogen-bond acceptors (Lipinski definition) is 4. The van der Waals surface area contributed by atoms with E-state index < -0.39 is 10.2 Å². The number of hydrogen-bond donors (Lipinski definition) is 2. The summed E-state index contributed by atoms with van der Waals surface area (Å²) in [6.07, 6.45) is 1.49. The maximum absolute atomic E-state index is 12.0. The average molecular weight is 265 g/mol. The van der Waals surface area contributed by atoms with E-state index in [4.69, 9.17) is 10.5 Å². The van der Waals surface area contributed by atoms with Crippen LogP contribution in [0, 0.1) is 0 Å². The molecule has 2 atom stereocenters. The van der Waals surface area contributed by atoms with Gasteiger partial charge < -0.3 is 10.5 Å². The molecule has 17 heavy (non-hydrogen) atoms. The quantitative estimate of drug-likeness (QED) is 0.644. The van der Waals surface area contributed by atoms with Crippen LogP contribution in [-0.2, 0) is 14.9 Å². The molecule has 1 aliphatic heterocycles. The summed E-state index contributed by atoms with van der Waals surface area (Å²) in [6, 6.07) is 0. The maximum Gasteiger partial charge on any atom is 0.279 e. The van der Waals surface area contributed by atoms with Crippen LogP contribution < -0.4 is 10.5 Å². The van der Waals surface area contributed by atoms with Crippen molar-refractivity contribution in [2.75, 3.05) is 26.2 Å². The Hall–Kier alpha value is -0.210. The highest BCUT2D eigenvalue weighted by atomic mass is 32.2. The minimum Gasteiger partial charge on any atom is -0.373 e. The minimum atomic E-state index is -3.37. The van der Waals surface area contributed by atoms with Gasteiger partial charge >= 0.3 is 0 Å². The average Bonchev–Trinajstić information content (AvgIpc) is 2.23. The zero-order valence-corrected chi connectivity index (χ0v) is 11.4. The molecule has 1 saturated heterocycles. The van der Waals surface area contributed by atoms with Crippen molar-refractivity contribution in [1.82, 2.24) is 9.03 Å². The first-order valence-corrected chi connectivity index (χ1v) is 7.50. The number of nitrogens with zero attached hydrogens (tertiary/aromatic N) is 1. The van der Waals surface area contributed by atoms with Gasteiger partial charge in [0, 0.05) is 19.6 Å². The number of nitrogens with one attached hydrogen (secondary N) is 1. The fraction of sp³-hybridized carbons (Fsp3) is 1.00. The molecule has 0 aromatic rings. The van der Waals surface area contributed by atoms with Crippen molar-refractivity contribution in [2.45, 2.75) is 38.9 Å².